The number of anilines is 1. The van der Waals surface area contributed by atoms with Gasteiger partial charge in [0.05, 0.1) is 5.92 Å². The van der Waals surface area contributed by atoms with Gasteiger partial charge in [0, 0.05) is 69.4 Å². The minimum Gasteiger partial charge on any atom is -0.371 e. The summed E-state index contributed by atoms with van der Waals surface area (Å²) >= 11 is 0. The number of alkyl halides is 2. The predicted octanol–water partition coefficient (Wildman–Crippen LogP) is 2.24. The van der Waals surface area contributed by atoms with Gasteiger partial charge in [-0.05, 0) is 37.1 Å². The van der Waals surface area contributed by atoms with Crippen molar-refractivity contribution in [3.05, 3.63) is 29.8 Å². The molecule has 0 radical (unpaired) electrons. The lowest BCUT2D eigenvalue weighted by molar-refractivity contribution is -0.134. The highest BCUT2D eigenvalue weighted by Gasteiger charge is 2.40. The first-order chi connectivity index (χ1) is 15.9. The van der Waals surface area contributed by atoms with Gasteiger partial charge in [-0.2, -0.15) is 0 Å². The average Bonchev–Trinajstić information content (AvgIpc) is 2.84. The highest BCUT2D eigenvalue weighted by atomic mass is 19.3. The van der Waals surface area contributed by atoms with E-state index in [4.69, 9.17) is 0 Å². The summed E-state index contributed by atoms with van der Waals surface area (Å²) in [7, 11) is 0. The van der Waals surface area contributed by atoms with Gasteiger partial charge in [0.15, 0.2) is 0 Å². The number of hydrogen-bond acceptors (Lipinski definition) is 5. The Kier molecular flexibility index (Phi) is 6.26. The molecule has 0 spiro atoms. The van der Waals surface area contributed by atoms with Crippen LogP contribution in [0.15, 0.2) is 24.3 Å². The molecule has 0 aromatic heterocycles. The van der Waals surface area contributed by atoms with Gasteiger partial charge in [-0.15, -0.1) is 0 Å². The molecule has 1 saturated carbocycles. The van der Waals surface area contributed by atoms with Crippen LogP contribution in [0.1, 0.15) is 48.9 Å². The second-order valence-corrected chi connectivity index (χ2v) is 9.79. The van der Waals surface area contributed by atoms with Gasteiger partial charge in [0.25, 0.3) is 11.8 Å². The van der Waals surface area contributed by atoms with Gasteiger partial charge < -0.3 is 15.1 Å². The van der Waals surface area contributed by atoms with Gasteiger partial charge in [0.2, 0.25) is 5.91 Å². The van der Waals surface area contributed by atoms with Crippen molar-refractivity contribution in [2.45, 2.75) is 56.8 Å². The fourth-order valence-corrected chi connectivity index (χ4v) is 5.60. The summed E-state index contributed by atoms with van der Waals surface area (Å²) in [5, 5.41) is 6.74. The molecular weight excluding hydrogens is 428 g/mol. The molecule has 3 aliphatic heterocycles. The summed E-state index contributed by atoms with van der Waals surface area (Å²) in [4.78, 5) is 31.5. The third-order valence-corrected chi connectivity index (χ3v) is 7.69. The molecule has 1 aliphatic carbocycles. The zero-order chi connectivity index (χ0) is 23.0. The molecule has 3 heterocycles. The second-order valence-electron chi connectivity index (χ2n) is 9.79. The van der Waals surface area contributed by atoms with Crippen LogP contribution in [-0.4, -0.2) is 79.1 Å². The minimum absolute atomic E-state index is 0.0145. The first-order valence-corrected chi connectivity index (χ1v) is 12.2. The Morgan fingerprint density at radius 2 is 1.61 bits per heavy atom. The van der Waals surface area contributed by atoms with Crippen molar-refractivity contribution in [3.63, 3.8) is 0 Å². The van der Waals surface area contributed by atoms with Gasteiger partial charge in [-0.25, -0.2) is 8.78 Å². The quantitative estimate of drug-likeness (QED) is 0.723. The molecular formula is C24H33F2N5O2. The van der Waals surface area contributed by atoms with Crippen LogP contribution in [0.3, 0.4) is 0 Å². The zero-order valence-electron chi connectivity index (χ0n) is 18.9. The standard InChI is InChI=1S/C24H33F2N5O2/c25-24(26)9-11-29(12-10-24)18-7-5-17(6-8-18)22(33)30-13-15-31(16-14-30)23-27-20-4-2-1-3-19(20)21(32)28-23/h5-8,19-20,23,27H,1-4,9-16H2,(H,28,32). The molecule has 7 nitrogen and oxygen atoms in total. The Hall–Kier alpha value is -2.26. The molecule has 4 aliphatic rings. The smallest absolute Gasteiger partial charge is 0.253 e. The molecule has 3 atom stereocenters. The maximum Gasteiger partial charge on any atom is 0.253 e. The van der Waals surface area contributed by atoms with Crippen LogP contribution in [0.5, 0.6) is 0 Å². The lowest BCUT2D eigenvalue weighted by Crippen LogP contribution is -2.69. The number of carbonyl (C=O) groups is 2. The number of amides is 2. The fraction of sp³-hybridized carbons (Fsp3) is 0.667. The highest BCUT2D eigenvalue weighted by molar-refractivity contribution is 5.94. The van der Waals surface area contributed by atoms with Crippen molar-refractivity contribution in [2.24, 2.45) is 5.92 Å². The Morgan fingerprint density at radius 3 is 2.30 bits per heavy atom. The molecule has 9 heteroatoms. The summed E-state index contributed by atoms with van der Waals surface area (Å²) in [6, 6.07) is 7.55. The van der Waals surface area contributed by atoms with Crippen molar-refractivity contribution in [2.75, 3.05) is 44.2 Å². The van der Waals surface area contributed by atoms with E-state index in [1.54, 1.807) is 12.1 Å². The molecule has 3 unspecified atom stereocenters. The maximum atomic E-state index is 13.4. The van der Waals surface area contributed by atoms with E-state index >= 15 is 0 Å². The van der Waals surface area contributed by atoms with Gasteiger partial charge in [-0.3, -0.25) is 19.8 Å². The number of fused-ring (bicyclic) bond motifs is 1. The number of benzene rings is 1. The van der Waals surface area contributed by atoms with Crippen LogP contribution in [0.4, 0.5) is 14.5 Å². The predicted molar refractivity (Wildman–Crippen MR) is 121 cm³/mol. The molecule has 2 N–H and O–H groups in total. The number of carbonyl (C=O) groups excluding carboxylic acids is 2. The highest BCUT2D eigenvalue weighted by Crippen LogP contribution is 2.31. The lowest BCUT2D eigenvalue weighted by atomic mass is 9.82. The largest absolute Gasteiger partial charge is 0.371 e. The van der Waals surface area contributed by atoms with E-state index in [1.165, 1.54) is 6.42 Å². The minimum atomic E-state index is -2.57. The summed E-state index contributed by atoms with van der Waals surface area (Å²) in [5.41, 5.74) is 1.50. The summed E-state index contributed by atoms with van der Waals surface area (Å²) in [6.45, 7) is 3.25. The number of hydrogen-bond donors (Lipinski definition) is 2. The molecule has 33 heavy (non-hydrogen) atoms. The fourth-order valence-electron chi connectivity index (χ4n) is 5.60. The van der Waals surface area contributed by atoms with E-state index in [2.05, 4.69) is 15.5 Å². The average molecular weight is 462 g/mol. The zero-order valence-corrected chi connectivity index (χ0v) is 18.9. The van der Waals surface area contributed by atoms with E-state index in [0.717, 1.165) is 24.9 Å². The third kappa shape index (κ3) is 4.84. The number of rotatable bonds is 3. The SMILES string of the molecule is O=C1NC(N2CCN(C(=O)c3ccc(N4CCC(F)(F)CC4)cc3)CC2)NC2CCCCC12. The Bertz CT molecular complexity index is 862. The van der Waals surface area contributed by atoms with Gasteiger partial charge in [-0.1, -0.05) is 12.8 Å². The van der Waals surface area contributed by atoms with Crippen molar-refractivity contribution in [1.29, 1.82) is 0 Å². The maximum absolute atomic E-state index is 13.4. The summed E-state index contributed by atoms with van der Waals surface area (Å²) in [5.74, 6) is -2.34. The monoisotopic (exact) mass is 461 g/mol. The van der Waals surface area contributed by atoms with Crippen molar-refractivity contribution in [1.82, 2.24) is 20.4 Å². The first-order valence-electron chi connectivity index (χ1n) is 12.2. The van der Waals surface area contributed by atoms with E-state index in [1.807, 2.05) is 21.9 Å². The van der Waals surface area contributed by atoms with Crippen LogP contribution in [0.25, 0.3) is 0 Å². The molecule has 1 aromatic carbocycles. The van der Waals surface area contributed by atoms with Crippen LogP contribution in [0.2, 0.25) is 0 Å². The van der Waals surface area contributed by atoms with E-state index in [0.29, 0.717) is 44.8 Å². The lowest BCUT2D eigenvalue weighted by Gasteiger charge is -2.46. The molecule has 2 amide bonds. The Morgan fingerprint density at radius 1 is 0.939 bits per heavy atom. The van der Waals surface area contributed by atoms with Gasteiger partial charge >= 0.3 is 0 Å². The van der Waals surface area contributed by atoms with Crippen LogP contribution < -0.4 is 15.5 Å². The molecule has 4 fully saturated rings. The number of piperazine rings is 1. The number of nitrogens with one attached hydrogen (secondary N) is 2. The second kappa shape index (κ2) is 9.18. The Balaban J connectivity index is 1.14. The first kappa shape index (κ1) is 22.5. The van der Waals surface area contributed by atoms with Crippen molar-refractivity contribution >= 4 is 17.5 Å². The number of halogens is 2. The summed E-state index contributed by atoms with van der Waals surface area (Å²) in [6.07, 6.45) is 3.87. The van der Waals surface area contributed by atoms with Crippen molar-refractivity contribution in [3.8, 4) is 0 Å². The van der Waals surface area contributed by atoms with E-state index < -0.39 is 5.92 Å². The molecule has 3 saturated heterocycles. The molecule has 1 aromatic rings. The van der Waals surface area contributed by atoms with Crippen LogP contribution in [0, 0.1) is 5.92 Å². The number of piperidine rings is 1. The topological polar surface area (TPSA) is 67.9 Å². The molecule has 180 valence electrons. The van der Waals surface area contributed by atoms with Gasteiger partial charge in [0.1, 0.15) is 6.29 Å². The Labute approximate surface area is 193 Å². The third-order valence-electron chi connectivity index (χ3n) is 7.69. The summed E-state index contributed by atoms with van der Waals surface area (Å²) < 4.78 is 26.8. The van der Waals surface area contributed by atoms with E-state index in [9.17, 15) is 18.4 Å². The van der Waals surface area contributed by atoms with E-state index in [-0.39, 0.29) is 42.9 Å². The molecule has 5 rings (SSSR count). The van der Waals surface area contributed by atoms with Crippen LogP contribution in [-0.2, 0) is 4.79 Å². The van der Waals surface area contributed by atoms with Crippen molar-refractivity contribution < 1.29 is 18.4 Å². The molecule has 0 bridgehead atoms. The number of nitrogens with zero attached hydrogens (tertiary/aromatic N) is 3. The normalized spacial score (nSPS) is 30.5. The van der Waals surface area contributed by atoms with Crippen LogP contribution >= 0.6 is 0 Å².